The number of hydrogen-bond donors (Lipinski definition) is 0. The van der Waals surface area contributed by atoms with Gasteiger partial charge in [-0.25, -0.2) is 0 Å². The van der Waals surface area contributed by atoms with Crippen LogP contribution in [0.3, 0.4) is 0 Å². The first-order chi connectivity index (χ1) is 7.86. The third kappa shape index (κ3) is 5.06. The highest BCUT2D eigenvalue weighted by molar-refractivity contribution is 6.14. The molecule has 1 heteroatoms. The van der Waals surface area contributed by atoms with Crippen LogP contribution in [0, 0.1) is 11.3 Å². The molecular weight excluding hydrogens is 203 g/mol. The van der Waals surface area contributed by atoms with Crippen LogP contribution in [-0.4, -0.2) is 7.85 Å². The highest BCUT2D eigenvalue weighted by Crippen LogP contribution is 2.42. The monoisotopic (exact) mass is 234 g/mol. The predicted octanol–water partition coefficient (Wildman–Crippen LogP) is 5.52. The standard InChI is InChI=1S/C16H31B/c1-14(2)15(3)10-7-5-6-8-12-16(4,17)13-9-11-15/h14H,5-13H2,1-4H3. The molecule has 1 saturated carbocycles. The van der Waals surface area contributed by atoms with E-state index in [1.807, 2.05) is 0 Å². The van der Waals surface area contributed by atoms with Gasteiger partial charge in [-0.05, 0) is 24.2 Å². The highest BCUT2D eigenvalue weighted by Gasteiger charge is 2.28. The maximum Gasteiger partial charge on any atom is 0.0742 e. The van der Waals surface area contributed by atoms with Crippen molar-refractivity contribution in [1.29, 1.82) is 0 Å². The van der Waals surface area contributed by atoms with Crippen molar-refractivity contribution in [2.75, 3.05) is 0 Å². The Kier molecular flexibility index (Phi) is 5.60. The van der Waals surface area contributed by atoms with E-state index in [1.54, 1.807) is 0 Å². The summed E-state index contributed by atoms with van der Waals surface area (Å²) in [7, 11) is 6.38. The van der Waals surface area contributed by atoms with Gasteiger partial charge >= 0.3 is 0 Å². The molecule has 0 amide bonds. The zero-order valence-electron chi connectivity index (χ0n) is 12.5. The molecule has 2 unspecified atom stereocenters. The van der Waals surface area contributed by atoms with Crippen LogP contribution >= 0.6 is 0 Å². The van der Waals surface area contributed by atoms with E-state index in [2.05, 4.69) is 27.7 Å². The van der Waals surface area contributed by atoms with Gasteiger partial charge in [-0.1, -0.05) is 78.0 Å². The van der Waals surface area contributed by atoms with Crippen molar-refractivity contribution in [1.82, 2.24) is 0 Å². The lowest BCUT2D eigenvalue weighted by Crippen LogP contribution is -2.24. The average Bonchev–Trinajstić information content (AvgIpc) is 2.24. The van der Waals surface area contributed by atoms with Crippen molar-refractivity contribution in [2.24, 2.45) is 11.3 Å². The van der Waals surface area contributed by atoms with E-state index in [0.717, 1.165) is 5.92 Å². The van der Waals surface area contributed by atoms with Gasteiger partial charge in [0.1, 0.15) is 0 Å². The maximum atomic E-state index is 6.38. The van der Waals surface area contributed by atoms with Gasteiger partial charge in [0, 0.05) is 0 Å². The molecule has 1 rings (SSSR count). The molecule has 0 aromatic carbocycles. The molecule has 1 aliphatic carbocycles. The van der Waals surface area contributed by atoms with E-state index < -0.39 is 0 Å². The Morgan fingerprint density at radius 2 is 1.24 bits per heavy atom. The summed E-state index contributed by atoms with van der Waals surface area (Å²) in [5, 5.41) is 0.0855. The maximum absolute atomic E-state index is 6.38. The molecule has 0 bridgehead atoms. The molecule has 2 radical (unpaired) electrons. The normalized spacial score (nSPS) is 37.7. The van der Waals surface area contributed by atoms with Gasteiger partial charge in [-0.15, -0.1) is 0 Å². The van der Waals surface area contributed by atoms with Gasteiger partial charge in [0.15, 0.2) is 0 Å². The smallest absolute Gasteiger partial charge is 0.0688 e. The molecule has 0 aromatic heterocycles. The molecule has 0 aromatic rings. The molecule has 0 N–H and O–H groups in total. The predicted molar refractivity (Wildman–Crippen MR) is 78.6 cm³/mol. The lowest BCUT2D eigenvalue weighted by molar-refractivity contribution is 0.168. The Morgan fingerprint density at radius 1 is 0.765 bits per heavy atom. The second-order valence-electron chi connectivity index (χ2n) is 7.23. The van der Waals surface area contributed by atoms with Crippen molar-refractivity contribution in [3.05, 3.63) is 0 Å². The minimum Gasteiger partial charge on any atom is -0.0688 e. The van der Waals surface area contributed by atoms with Crippen molar-refractivity contribution < 1.29 is 0 Å². The van der Waals surface area contributed by atoms with Crippen molar-refractivity contribution in [3.63, 3.8) is 0 Å². The largest absolute Gasteiger partial charge is 0.0742 e. The molecular formula is C16H31B. The molecule has 0 nitrogen and oxygen atoms in total. The summed E-state index contributed by atoms with van der Waals surface area (Å²) >= 11 is 0. The van der Waals surface area contributed by atoms with Crippen molar-refractivity contribution in [2.45, 2.75) is 90.8 Å². The second-order valence-corrected chi connectivity index (χ2v) is 7.23. The van der Waals surface area contributed by atoms with Crippen LogP contribution in [0.2, 0.25) is 5.31 Å². The zero-order chi connectivity index (χ0) is 12.9. The van der Waals surface area contributed by atoms with Gasteiger partial charge in [0.2, 0.25) is 0 Å². The van der Waals surface area contributed by atoms with Crippen LogP contribution in [-0.2, 0) is 0 Å². The van der Waals surface area contributed by atoms with E-state index in [1.165, 1.54) is 57.8 Å². The fourth-order valence-corrected chi connectivity index (χ4v) is 3.13. The first kappa shape index (κ1) is 15.1. The minimum absolute atomic E-state index is 0.0855. The second kappa shape index (κ2) is 6.30. The van der Waals surface area contributed by atoms with Gasteiger partial charge in [0.25, 0.3) is 0 Å². The van der Waals surface area contributed by atoms with E-state index in [0.29, 0.717) is 5.41 Å². The Balaban J connectivity index is 2.60. The summed E-state index contributed by atoms with van der Waals surface area (Å²) in [5.41, 5.74) is 0.542. The SMILES string of the molecule is [B]C1(C)CCCCCCC(C)(C(C)C)CCC1. The van der Waals surface area contributed by atoms with Gasteiger partial charge in [-0.3, -0.25) is 0 Å². The van der Waals surface area contributed by atoms with Crippen LogP contribution in [0.25, 0.3) is 0 Å². The Morgan fingerprint density at radius 3 is 1.82 bits per heavy atom. The van der Waals surface area contributed by atoms with E-state index >= 15 is 0 Å². The third-order valence-electron chi connectivity index (χ3n) is 5.14. The average molecular weight is 234 g/mol. The summed E-state index contributed by atoms with van der Waals surface area (Å²) < 4.78 is 0. The molecule has 0 saturated heterocycles. The number of rotatable bonds is 1. The molecule has 98 valence electrons. The fourth-order valence-electron chi connectivity index (χ4n) is 3.13. The summed E-state index contributed by atoms with van der Waals surface area (Å²) in [6, 6.07) is 0. The summed E-state index contributed by atoms with van der Waals surface area (Å²) in [5.74, 6) is 0.798. The zero-order valence-corrected chi connectivity index (χ0v) is 12.5. The molecule has 1 aliphatic rings. The minimum atomic E-state index is 0.0855. The van der Waals surface area contributed by atoms with Crippen LogP contribution < -0.4 is 0 Å². The van der Waals surface area contributed by atoms with Crippen molar-refractivity contribution >= 4 is 7.85 Å². The van der Waals surface area contributed by atoms with Crippen LogP contribution in [0.1, 0.15) is 85.5 Å². The van der Waals surface area contributed by atoms with Gasteiger partial charge < -0.3 is 0 Å². The van der Waals surface area contributed by atoms with E-state index in [-0.39, 0.29) is 5.31 Å². The van der Waals surface area contributed by atoms with Crippen LogP contribution in [0.15, 0.2) is 0 Å². The molecule has 1 fully saturated rings. The lowest BCUT2D eigenvalue weighted by Gasteiger charge is -2.35. The summed E-state index contributed by atoms with van der Waals surface area (Å²) in [4.78, 5) is 0. The molecule has 0 spiro atoms. The van der Waals surface area contributed by atoms with E-state index in [9.17, 15) is 0 Å². The lowest BCUT2D eigenvalue weighted by atomic mass is 9.63. The molecule has 17 heavy (non-hydrogen) atoms. The van der Waals surface area contributed by atoms with Crippen LogP contribution in [0.5, 0.6) is 0 Å². The molecule has 2 atom stereocenters. The van der Waals surface area contributed by atoms with Crippen molar-refractivity contribution in [3.8, 4) is 0 Å². The number of hydrogen-bond acceptors (Lipinski definition) is 0. The molecule has 0 heterocycles. The Hall–Kier alpha value is 0.0649. The van der Waals surface area contributed by atoms with Gasteiger partial charge in [-0.2, -0.15) is 0 Å². The highest BCUT2D eigenvalue weighted by atomic mass is 14.3. The van der Waals surface area contributed by atoms with E-state index in [4.69, 9.17) is 7.85 Å². The first-order valence-corrected chi connectivity index (χ1v) is 7.65. The van der Waals surface area contributed by atoms with Gasteiger partial charge in [0.05, 0.1) is 7.85 Å². The topological polar surface area (TPSA) is 0 Å². The third-order valence-corrected chi connectivity index (χ3v) is 5.14. The quantitative estimate of drug-likeness (QED) is 0.524. The molecule has 0 aliphatic heterocycles. The summed E-state index contributed by atoms with van der Waals surface area (Å²) in [6.45, 7) is 9.52. The Labute approximate surface area is 110 Å². The van der Waals surface area contributed by atoms with Crippen LogP contribution in [0.4, 0.5) is 0 Å². The summed E-state index contributed by atoms with van der Waals surface area (Å²) in [6.07, 6.45) is 12.0. The Bertz CT molecular complexity index is 220. The first-order valence-electron chi connectivity index (χ1n) is 7.65. The fraction of sp³-hybridized carbons (Fsp3) is 1.00.